The van der Waals surface area contributed by atoms with Gasteiger partial charge in [0.05, 0.1) is 5.69 Å². The fraction of sp³-hybridized carbons (Fsp3) is 0.250. The van der Waals surface area contributed by atoms with Crippen LogP contribution in [0.25, 0.3) is 0 Å². The van der Waals surface area contributed by atoms with Gasteiger partial charge in [-0.1, -0.05) is 23.7 Å². The summed E-state index contributed by atoms with van der Waals surface area (Å²) in [6, 6.07) is 7.04. The number of carbonyl (C=O) groups is 1. The molecule has 1 aliphatic rings. The number of anilines is 1. The van der Waals surface area contributed by atoms with E-state index in [0.29, 0.717) is 11.4 Å². The van der Waals surface area contributed by atoms with Crippen LogP contribution in [0.2, 0.25) is 0 Å². The Morgan fingerprint density at radius 1 is 1.65 bits per heavy atom. The van der Waals surface area contributed by atoms with Gasteiger partial charge in [-0.25, -0.2) is 9.69 Å². The minimum atomic E-state index is -0.796. The SMILES string of the molecule is C#CC1Oc2ccccc2N1C(=O)OC(C)Cl. The first-order chi connectivity index (χ1) is 8.13. The van der Waals surface area contributed by atoms with Crippen molar-refractivity contribution in [3.63, 3.8) is 0 Å². The van der Waals surface area contributed by atoms with Crippen LogP contribution in [0.3, 0.4) is 0 Å². The lowest BCUT2D eigenvalue weighted by Crippen LogP contribution is -2.39. The molecule has 88 valence electrons. The van der Waals surface area contributed by atoms with Crippen LogP contribution in [0, 0.1) is 12.3 Å². The van der Waals surface area contributed by atoms with E-state index in [2.05, 4.69) is 5.92 Å². The van der Waals surface area contributed by atoms with Gasteiger partial charge in [0.25, 0.3) is 0 Å². The van der Waals surface area contributed by atoms with E-state index in [1.807, 2.05) is 0 Å². The number of hydrogen-bond acceptors (Lipinski definition) is 3. The second-order valence-electron chi connectivity index (χ2n) is 3.40. The molecular formula is C12H10ClNO3. The number of amides is 1. The topological polar surface area (TPSA) is 38.8 Å². The Bertz CT molecular complexity index is 481. The van der Waals surface area contributed by atoms with Crippen LogP contribution in [0.5, 0.6) is 5.75 Å². The average molecular weight is 252 g/mol. The molecular weight excluding hydrogens is 242 g/mol. The summed E-state index contributed by atoms with van der Waals surface area (Å²) in [7, 11) is 0. The third-order valence-corrected chi connectivity index (χ3v) is 2.29. The van der Waals surface area contributed by atoms with Crippen molar-refractivity contribution in [3.05, 3.63) is 24.3 Å². The van der Waals surface area contributed by atoms with Crippen LogP contribution < -0.4 is 9.64 Å². The van der Waals surface area contributed by atoms with Crippen molar-refractivity contribution in [2.24, 2.45) is 0 Å². The molecule has 1 heterocycles. The van der Waals surface area contributed by atoms with Crippen molar-refractivity contribution in [3.8, 4) is 18.1 Å². The molecule has 0 aromatic heterocycles. The van der Waals surface area contributed by atoms with E-state index in [-0.39, 0.29) is 0 Å². The lowest BCUT2D eigenvalue weighted by Gasteiger charge is -2.19. The lowest BCUT2D eigenvalue weighted by molar-refractivity contribution is 0.138. The molecule has 1 aromatic carbocycles. The Balaban J connectivity index is 2.31. The number of alkyl halides is 1. The second kappa shape index (κ2) is 4.56. The quantitative estimate of drug-likeness (QED) is 0.569. The molecule has 1 amide bonds. The molecule has 2 unspecified atom stereocenters. The Hall–Kier alpha value is -1.86. The average Bonchev–Trinajstić information content (AvgIpc) is 2.66. The summed E-state index contributed by atoms with van der Waals surface area (Å²) in [6.07, 6.45) is 3.89. The third-order valence-electron chi connectivity index (χ3n) is 2.20. The molecule has 17 heavy (non-hydrogen) atoms. The van der Waals surface area contributed by atoms with E-state index >= 15 is 0 Å². The predicted molar refractivity (Wildman–Crippen MR) is 64.0 cm³/mol. The number of nitrogens with zero attached hydrogens (tertiary/aromatic N) is 1. The van der Waals surface area contributed by atoms with Gasteiger partial charge in [0.2, 0.25) is 6.23 Å². The molecule has 1 aromatic rings. The minimum absolute atomic E-state index is 0.551. The maximum atomic E-state index is 11.8. The summed E-state index contributed by atoms with van der Waals surface area (Å²) >= 11 is 5.61. The first-order valence-electron chi connectivity index (χ1n) is 4.99. The maximum Gasteiger partial charge on any atom is 0.419 e. The zero-order valence-electron chi connectivity index (χ0n) is 9.09. The number of ether oxygens (including phenoxy) is 2. The molecule has 0 N–H and O–H groups in total. The Morgan fingerprint density at radius 3 is 3.00 bits per heavy atom. The van der Waals surface area contributed by atoms with Crippen molar-refractivity contribution in [1.29, 1.82) is 0 Å². The number of hydrogen-bond donors (Lipinski definition) is 0. The molecule has 0 bridgehead atoms. The van der Waals surface area contributed by atoms with Gasteiger partial charge >= 0.3 is 6.09 Å². The van der Waals surface area contributed by atoms with Crippen LogP contribution in [0.4, 0.5) is 10.5 Å². The van der Waals surface area contributed by atoms with Crippen molar-refractivity contribution < 1.29 is 14.3 Å². The van der Waals surface area contributed by atoms with Crippen LogP contribution in [0.15, 0.2) is 24.3 Å². The van der Waals surface area contributed by atoms with Crippen molar-refractivity contribution >= 4 is 23.4 Å². The van der Waals surface area contributed by atoms with Crippen LogP contribution in [-0.4, -0.2) is 17.9 Å². The van der Waals surface area contributed by atoms with E-state index in [1.54, 1.807) is 31.2 Å². The summed E-state index contributed by atoms with van der Waals surface area (Å²) in [5, 5.41) is 0. The van der Waals surface area contributed by atoms with Crippen LogP contribution >= 0.6 is 11.6 Å². The van der Waals surface area contributed by atoms with Crippen LogP contribution in [0.1, 0.15) is 6.92 Å². The van der Waals surface area contributed by atoms with Gasteiger partial charge in [-0.3, -0.25) is 0 Å². The van der Waals surface area contributed by atoms with E-state index < -0.39 is 17.9 Å². The van der Waals surface area contributed by atoms with Gasteiger partial charge in [-0.15, -0.1) is 6.42 Å². The molecule has 0 radical (unpaired) electrons. The monoisotopic (exact) mass is 251 g/mol. The zero-order chi connectivity index (χ0) is 12.4. The van der Waals surface area contributed by atoms with E-state index in [9.17, 15) is 4.79 Å². The van der Waals surface area contributed by atoms with Gasteiger partial charge < -0.3 is 9.47 Å². The number of terminal acetylenes is 1. The molecule has 2 atom stereocenters. The van der Waals surface area contributed by atoms with Crippen LogP contribution in [-0.2, 0) is 4.74 Å². The number of benzene rings is 1. The molecule has 0 aliphatic carbocycles. The molecule has 5 heteroatoms. The summed E-state index contributed by atoms with van der Waals surface area (Å²) in [5.41, 5.74) is -0.147. The molecule has 1 aliphatic heterocycles. The van der Waals surface area contributed by atoms with E-state index in [0.717, 1.165) is 0 Å². The second-order valence-corrected chi connectivity index (χ2v) is 4.02. The summed E-state index contributed by atoms with van der Waals surface area (Å²) in [4.78, 5) is 13.1. The molecule has 0 fully saturated rings. The summed E-state index contributed by atoms with van der Waals surface area (Å²) in [6.45, 7) is 1.55. The highest BCUT2D eigenvalue weighted by Gasteiger charge is 2.35. The number of fused-ring (bicyclic) bond motifs is 1. The first kappa shape index (κ1) is 11.6. The Morgan fingerprint density at radius 2 is 2.35 bits per heavy atom. The molecule has 0 saturated carbocycles. The van der Waals surface area contributed by atoms with E-state index in [1.165, 1.54) is 4.90 Å². The molecule has 0 spiro atoms. The molecule has 4 nitrogen and oxygen atoms in total. The zero-order valence-corrected chi connectivity index (χ0v) is 9.85. The van der Waals surface area contributed by atoms with Crippen molar-refractivity contribution in [2.45, 2.75) is 18.7 Å². The van der Waals surface area contributed by atoms with Gasteiger partial charge in [-0.2, -0.15) is 0 Å². The lowest BCUT2D eigenvalue weighted by atomic mass is 10.3. The highest BCUT2D eigenvalue weighted by atomic mass is 35.5. The van der Waals surface area contributed by atoms with Crippen molar-refractivity contribution in [2.75, 3.05) is 4.90 Å². The highest BCUT2D eigenvalue weighted by Crippen LogP contribution is 2.37. The number of rotatable bonds is 1. The minimum Gasteiger partial charge on any atom is -0.456 e. The number of para-hydroxylation sites is 2. The van der Waals surface area contributed by atoms with Crippen molar-refractivity contribution in [1.82, 2.24) is 0 Å². The van der Waals surface area contributed by atoms with Gasteiger partial charge in [0.15, 0.2) is 5.56 Å². The number of halogens is 1. The van der Waals surface area contributed by atoms with Gasteiger partial charge in [-0.05, 0) is 25.0 Å². The van der Waals surface area contributed by atoms with E-state index in [4.69, 9.17) is 27.5 Å². The normalized spacial score (nSPS) is 18.9. The largest absolute Gasteiger partial charge is 0.456 e. The van der Waals surface area contributed by atoms with Gasteiger partial charge in [0, 0.05) is 0 Å². The molecule has 0 saturated heterocycles. The summed E-state index contributed by atoms with van der Waals surface area (Å²) in [5.74, 6) is 2.93. The standard InChI is InChI=1S/C12H10ClNO3/c1-3-11-14(12(15)16-8(2)13)9-6-4-5-7-10(9)17-11/h1,4-8,11H,2H3. The first-order valence-corrected chi connectivity index (χ1v) is 5.43. The fourth-order valence-corrected chi connectivity index (χ4v) is 1.63. The van der Waals surface area contributed by atoms with Gasteiger partial charge in [0.1, 0.15) is 5.75 Å². The Kier molecular flexibility index (Phi) is 3.12. The fourth-order valence-electron chi connectivity index (χ4n) is 1.55. The highest BCUT2D eigenvalue weighted by molar-refractivity contribution is 6.20. The predicted octanol–water partition coefficient (Wildman–Crippen LogP) is 2.57. The number of carbonyl (C=O) groups excluding carboxylic acids is 1. The summed E-state index contributed by atoms with van der Waals surface area (Å²) < 4.78 is 10.3. The third kappa shape index (κ3) is 2.15. The molecule has 2 rings (SSSR count). The smallest absolute Gasteiger partial charge is 0.419 e. The Labute approximate surface area is 104 Å². The maximum absolute atomic E-state index is 11.8.